The smallest absolute Gasteiger partial charge is 0.250 e. The number of amides is 1. The Morgan fingerprint density at radius 3 is 2.66 bits per heavy atom. The molecule has 0 N–H and O–H groups in total. The van der Waals surface area contributed by atoms with E-state index in [1.807, 2.05) is 30.5 Å². The van der Waals surface area contributed by atoms with E-state index >= 15 is 0 Å². The third-order valence-corrected chi connectivity index (χ3v) is 6.30. The summed E-state index contributed by atoms with van der Waals surface area (Å²) < 4.78 is 1.77. The van der Waals surface area contributed by atoms with Gasteiger partial charge in [0.05, 0.1) is 12.2 Å². The molecule has 5 nitrogen and oxygen atoms in total. The quantitative estimate of drug-likeness (QED) is 0.715. The number of allylic oxidation sites excluding steroid dienone is 4. The minimum absolute atomic E-state index is 0.0241. The zero-order chi connectivity index (χ0) is 19.6. The van der Waals surface area contributed by atoms with Crippen molar-refractivity contribution < 1.29 is 4.79 Å². The van der Waals surface area contributed by atoms with Crippen LogP contribution in [0.15, 0.2) is 60.8 Å². The number of likely N-dealkylation sites (tertiary alicyclic amines) is 1. The monoisotopic (exact) mass is 386 g/mol. The van der Waals surface area contributed by atoms with Gasteiger partial charge in [0.1, 0.15) is 5.69 Å². The predicted molar refractivity (Wildman–Crippen MR) is 114 cm³/mol. The van der Waals surface area contributed by atoms with Crippen molar-refractivity contribution in [1.82, 2.24) is 19.9 Å². The maximum Gasteiger partial charge on any atom is 0.250 e. The van der Waals surface area contributed by atoms with Gasteiger partial charge in [-0.25, -0.2) is 4.68 Å². The molecule has 3 aliphatic rings. The minimum Gasteiger partial charge on any atom is -0.329 e. The molecular weight excluding hydrogens is 360 g/mol. The number of hydrogen-bond acceptors (Lipinski definition) is 3. The number of benzene rings is 1. The van der Waals surface area contributed by atoms with Crippen LogP contribution in [-0.2, 0) is 4.79 Å². The van der Waals surface area contributed by atoms with Crippen LogP contribution in [0.25, 0.3) is 11.6 Å². The second-order valence-electron chi connectivity index (χ2n) is 8.15. The van der Waals surface area contributed by atoms with Crippen LogP contribution in [0.4, 0.5) is 0 Å². The fourth-order valence-electron chi connectivity index (χ4n) is 4.74. The van der Waals surface area contributed by atoms with Gasteiger partial charge in [0.25, 0.3) is 5.91 Å². The topological polar surface area (TPSA) is 51.0 Å². The summed E-state index contributed by atoms with van der Waals surface area (Å²) in [6.45, 7) is 0. The van der Waals surface area contributed by atoms with Crippen LogP contribution >= 0.6 is 0 Å². The van der Waals surface area contributed by atoms with Gasteiger partial charge in [-0.15, -0.1) is 5.10 Å². The van der Waals surface area contributed by atoms with E-state index in [0.29, 0.717) is 6.04 Å². The minimum atomic E-state index is -0.298. The lowest BCUT2D eigenvalue weighted by Crippen LogP contribution is -2.64. The maximum atomic E-state index is 13.2. The summed E-state index contributed by atoms with van der Waals surface area (Å²) in [4.78, 5) is 15.3. The van der Waals surface area contributed by atoms with Gasteiger partial charge in [-0.05, 0) is 30.4 Å². The number of carbonyl (C=O) groups excluding carboxylic acids is 1. The van der Waals surface area contributed by atoms with E-state index in [0.717, 1.165) is 36.1 Å². The van der Waals surface area contributed by atoms with Gasteiger partial charge >= 0.3 is 0 Å². The molecule has 1 aromatic carbocycles. The Morgan fingerprint density at radius 1 is 1.07 bits per heavy atom. The molecule has 1 aliphatic heterocycles. The number of carbonyl (C=O) groups is 1. The van der Waals surface area contributed by atoms with Crippen molar-refractivity contribution in [2.75, 3.05) is 0 Å². The fourth-order valence-corrected chi connectivity index (χ4v) is 4.74. The van der Waals surface area contributed by atoms with Gasteiger partial charge in [-0.2, -0.15) is 0 Å². The summed E-state index contributed by atoms with van der Waals surface area (Å²) in [7, 11) is 0. The Morgan fingerprint density at radius 2 is 1.90 bits per heavy atom. The molecule has 5 heteroatoms. The zero-order valence-corrected chi connectivity index (χ0v) is 16.5. The number of hydrogen-bond donors (Lipinski definition) is 0. The van der Waals surface area contributed by atoms with Crippen LogP contribution in [0.3, 0.4) is 0 Å². The Hall–Kier alpha value is -2.95. The van der Waals surface area contributed by atoms with Crippen LogP contribution in [0, 0.1) is 0 Å². The molecule has 29 heavy (non-hydrogen) atoms. The van der Waals surface area contributed by atoms with Crippen LogP contribution in [-0.4, -0.2) is 37.9 Å². The highest BCUT2D eigenvalue weighted by Gasteiger charge is 2.50. The normalized spacial score (nSPS) is 24.9. The van der Waals surface area contributed by atoms with E-state index in [2.05, 4.69) is 51.6 Å². The molecule has 2 aliphatic carbocycles. The first-order valence-electron chi connectivity index (χ1n) is 10.6. The van der Waals surface area contributed by atoms with Crippen LogP contribution in [0.2, 0.25) is 0 Å². The molecule has 148 valence electrons. The van der Waals surface area contributed by atoms with Gasteiger partial charge in [0, 0.05) is 6.04 Å². The molecule has 2 aromatic rings. The maximum absolute atomic E-state index is 13.2. The lowest BCUT2D eigenvalue weighted by molar-refractivity contribution is -0.157. The van der Waals surface area contributed by atoms with E-state index in [1.54, 1.807) is 4.68 Å². The number of β-lactam (4-membered cyclic amide) rings is 1. The Bertz CT molecular complexity index is 966. The first-order chi connectivity index (χ1) is 14.3. The number of rotatable bonds is 5. The highest BCUT2D eigenvalue weighted by molar-refractivity contribution is 5.89. The molecule has 2 atom stereocenters. The molecule has 0 bridgehead atoms. The Balaban J connectivity index is 1.41. The standard InChI is InChI=1S/C24H26N4O/c29-24-23(27-17-21(25-26-27)19-11-7-8-12-19)22(16-15-18-9-3-1-4-10-18)28(24)20-13-5-2-6-14-20/h1,3-4,7-11,15-17,20,22-23H,2,5-6,12-14H2/b16-15+/t22-,23+/m1/s1. The second-order valence-corrected chi connectivity index (χ2v) is 8.15. The molecule has 2 fully saturated rings. The number of aromatic nitrogens is 3. The van der Waals surface area contributed by atoms with Gasteiger partial charge in [0.15, 0.2) is 6.04 Å². The third kappa shape index (κ3) is 3.46. The van der Waals surface area contributed by atoms with Crippen LogP contribution in [0.5, 0.6) is 0 Å². The summed E-state index contributed by atoms with van der Waals surface area (Å²) in [5.74, 6) is 0.176. The first-order valence-corrected chi connectivity index (χ1v) is 10.6. The molecule has 0 radical (unpaired) electrons. The lowest BCUT2D eigenvalue weighted by atomic mass is 9.85. The Labute approximate surface area is 171 Å². The number of nitrogens with zero attached hydrogens (tertiary/aromatic N) is 4. The zero-order valence-electron chi connectivity index (χ0n) is 16.5. The summed E-state index contributed by atoms with van der Waals surface area (Å²) in [6.07, 6.45) is 19.2. The third-order valence-electron chi connectivity index (χ3n) is 6.30. The molecule has 0 unspecified atom stereocenters. The van der Waals surface area contributed by atoms with Crippen LogP contribution < -0.4 is 0 Å². The van der Waals surface area contributed by atoms with Gasteiger partial charge < -0.3 is 4.90 Å². The molecule has 1 saturated carbocycles. The van der Waals surface area contributed by atoms with Crippen molar-refractivity contribution in [3.05, 3.63) is 72.1 Å². The average Bonchev–Trinajstić information content (AvgIpc) is 3.45. The summed E-state index contributed by atoms with van der Waals surface area (Å²) in [5.41, 5.74) is 3.17. The van der Waals surface area contributed by atoms with Gasteiger partial charge in [-0.3, -0.25) is 4.79 Å². The molecule has 5 rings (SSSR count). The van der Waals surface area contributed by atoms with Gasteiger partial charge in [-0.1, -0.05) is 85.2 Å². The summed E-state index contributed by atoms with van der Waals surface area (Å²) in [5, 5.41) is 8.67. The molecule has 0 spiro atoms. The lowest BCUT2D eigenvalue weighted by Gasteiger charge is -2.50. The van der Waals surface area contributed by atoms with E-state index in [9.17, 15) is 4.79 Å². The van der Waals surface area contributed by atoms with E-state index < -0.39 is 0 Å². The van der Waals surface area contributed by atoms with E-state index in [1.165, 1.54) is 19.3 Å². The molecule has 2 heterocycles. The fraction of sp³-hybridized carbons (Fsp3) is 0.375. The predicted octanol–water partition coefficient (Wildman–Crippen LogP) is 4.42. The summed E-state index contributed by atoms with van der Waals surface area (Å²) in [6, 6.07) is 10.3. The largest absolute Gasteiger partial charge is 0.329 e. The van der Waals surface area contributed by atoms with Crippen molar-refractivity contribution in [3.63, 3.8) is 0 Å². The molecule has 1 saturated heterocycles. The highest BCUT2D eigenvalue weighted by Crippen LogP contribution is 2.38. The van der Waals surface area contributed by atoms with E-state index in [4.69, 9.17) is 0 Å². The Kier molecular flexibility index (Phi) is 4.88. The van der Waals surface area contributed by atoms with Gasteiger partial charge in [0.2, 0.25) is 0 Å². The van der Waals surface area contributed by atoms with Crippen LogP contribution in [0.1, 0.15) is 55.8 Å². The van der Waals surface area contributed by atoms with Crippen molar-refractivity contribution in [2.45, 2.75) is 56.7 Å². The van der Waals surface area contributed by atoms with Crippen molar-refractivity contribution >= 4 is 17.6 Å². The molecular formula is C24H26N4O. The average molecular weight is 386 g/mol. The van der Waals surface area contributed by atoms with Crippen molar-refractivity contribution in [1.29, 1.82) is 0 Å². The van der Waals surface area contributed by atoms with E-state index in [-0.39, 0.29) is 18.0 Å². The molecule has 1 aromatic heterocycles. The SMILES string of the molecule is O=C1[C@@H](n2cc(C3=CC=CC3)nn2)[C@@H](/C=C/c2ccccc2)N1C1CCCCC1. The molecule has 1 amide bonds. The second kappa shape index (κ2) is 7.82. The van der Waals surface area contributed by atoms with Crippen molar-refractivity contribution in [2.24, 2.45) is 0 Å². The highest BCUT2D eigenvalue weighted by atomic mass is 16.2. The van der Waals surface area contributed by atoms with Crippen molar-refractivity contribution in [3.8, 4) is 0 Å². The first kappa shape index (κ1) is 18.1. The summed E-state index contributed by atoms with van der Waals surface area (Å²) >= 11 is 0.